The molecule has 0 saturated carbocycles. The molecule has 0 spiro atoms. The molecule has 4 heteroatoms. The molecule has 1 fully saturated rings. The molecule has 1 saturated heterocycles. The second kappa shape index (κ2) is 6.15. The fraction of sp³-hybridized carbons (Fsp3) is 0.600. The van der Waals surface area contributed by atoms with Crippen LogP contribution in [0.15, 0.2) is 18.3 Å². The van der Waals surface area contributed by atoms with Crippen LogP contribution in [0.5, 0.6) is 0 Å². The lowest BCUT2D eigenvalue weighted by Gasteiger charge is -2.34. The summed E-state index contributed by atoms with van der Waals surface area (Å²) in [6, 6.07) is 3.58. The molecule has 0 radical (unpaired) electrons. The highest BCUT2D eigenvalue weighted by Crippen LogP contribution is 2.25. The van der Waals surface area contributed by atoms with E-state index in [2.05, 4.69) is 18.8 Å². The molecule has 2 heterocycles. The maximum absolute atomic E-state index is 12.4. The van der Waals surface area contributed by atoms with E-state index >= 15 is 0 Å². The summed E-state index contributed by atoms with van der Waals surface area (Å²) in [5.74, 6) is 1.57. The molecule has 1 aromatic rings. The Morgan fingerprint density at radius 2 is 2.16 bits per heavy atom. The second-order valence-corrected chi connectivity index (χ2v) is 5.61. The van der Waals surface area contributed by atoms with Gasteiger partial charge in [-0.05, 0) is 36.8 Å². The minimum absolute atomic E-state index is 0.110. The van der Waals surface area contributed by atoms with E-state index in [0.717, 1.165) is 37.5 Å². The third-order valence-corrected chi connectivity index (χ3v) is 4.04. The van der Waals surface area contributed by atoms with Crippen LogP contribution in [-0.2, 0) is 6.54 Å². The Morgan fingerprint density at radius 1 is 1.47 bits per heavy atom. The van der Waals surface area contributed by atoms with Gasteiger partial charge in [0.25, 0.3) is 5.91 Å². The first-order valence-electron chi connectivity index (χ1n) is 7.06. The Morgan fingerprint density at radius 3 is 2.74 bits per heavy atom. The average Bonchev–Trinajstić information content (AvgIpc) is 2.46. The molecule has 19 heavy (non-hydrogen) atoms. The van der Waals surface area contributed by atoms with Crippen LogP contribution in [0, 0.1) is 11.8 Å². The zero-order valence-electron chi connectivity index (χ0n) is 11.8. The van der Waals surface area contributed by atoms with E-state index in [1.807, 2.05) is 4.90 Å². The number of carbonyl (C=O) groups excluding carboxylic acids is 1. The summed E-state index contributed by atoms with van der Waals surface area (Å²) >= 11 is 0. The van der Waals surface area contributed by atoms with Gasteiger partial charge in [-0.2, -0.15) is 0 Å². The minimum Gasteiger partial charge on any atom is -0.339 e. The van der Waals surface area contributed by atoms with E-state index in [4.69, 9.17) is 5.73 Å². The van der Waals surface area contributed by atoms with Gasteiger partial charge in [-0.1, -0.05) is 13.8 Å². The van der Waals surface area contributed by atoms with Crippen molar-refractivity contribution < 1.29 is 4.79 Å². The third kappa shape index (κ3) is 3.32. The minimum atomic E-state index is 0.110. The van der Waals surface area contributed by atoms with Crippen molar-refractivity contribution in [1.29, 1.82) is 0 Å². The molecule has 0 bridgehead atoms. The number of likely N-dealkylation sites (tertiary alicyclic amines) is 1. The lowest BCUT2D eigenvalue weighted by molar-refractivity contribution is 0.0667. The fourth-order valence-corrected chi connectivity index (χ4v) is 2.67. The number of amides is 1. The SMILES string of the molecule is CC(C)C1CCN(C(=O)c2ccnc(CN)c2)CC1. The Hall–Kier alpha value is -1.42. The van der Waals surface area contributed by atoms with E-state index in [9.17, 15) is 4.79 Å². The number of rotatable bonds is 3. The molecule has 1 aliphatic heterocycles. The monoisotopic (exact) mass is 261 g/mol. The molecule has 2 N–H and O–H groups in total. The molecule has 0 aromatic carbocycles. The van der Waals surface area contributed by atoms with Crippen molar-refractivity contribution in [3.05, 3.63) is 29.6 Å². The van der Waals surface area contributed by atoms with Crippen LogP contribution in [0.4, 0.5) is 0 Å². The van der Waals surface area contributed by atoms with Crippen molar-refractivity contribution >= 4 is 5.91 Å². The van der Waals surface area contributed by atoms with Crippen molar-refractivity contribution in [3.63, 3.8) is 0 Å². The molecule has 1 aromatic heterocycles. The molecule has 1 aliphatic rings. The van der Waals surface area contributed by atoms with Crippen molar-refractivity contribution in [1.82, 2.24) is 9.88 Å². The van der Waals surface area contributed by atoms with E-state index in [1.165, 1.54) is 0 Å². The van der Waals surface area contributed by atoms with Gasteiger partial charge < -0.3 is 10.6 Å². The summed E-state index contributed by atoms with van der Waals surface area (Å²) < 4.78 is 0. The summed E-state index contributed by atoms with van der Waals surface area (Å²) in [6.07, 6.45) is 3.88. The Bertz CT molecular complexity index is 437. The largest absolute Gasteiger partial charge is 0.339 e. The number of piperidine rings is 1. The number of aromatic nitrogens is 1. The summed E-state index contributed by atoms with van der Waals surface area (Å²) in [4.78, 5) is 18.5. The van der Waals surface area contributed by atoms with E-state index in [0.29, 0.717) is 18.0 Å². The summed E-state index contributed by atoms with van der Waals surface area (Å²) in [6.45, 7) is 6.62. The van der Waals surface area contributed by atoms with Gasteiger partial charge in [0.2, 0.25) is 0 Å². The van der Waals surface area contributed by atoms with Crippen LogP contribution in [-0.4, -0.2) is 28.9 Å². The molecular formula is C15H23N3O. The second-order valence-electron chi connectivity index (χ2n) is 5.61. The van der Waals surface area contributed by atoms with Crippen LogP contribution >= 0.6 is 0 Å². The predicted octanol–water partition coefficient (Wildman–Crippen LogP) is 2.05. The first-order chi connectivity index (χ1) is 9.11. The van der Waals surface area contributed by atoms with Crippen LogP contribution in [0.2, 0.25) is 0 Å². The molecule has 2 rings (SSSR count). The summed E-state index contributed by atoms with van der Waals surface area (Å²) in [7, 11) is 0. The van der Waals surface area contributed by atoms with Crippen LogP contribution < -0.4 is 5.73 Å². The Kier molecular flexibility index (Phi) is 4.53. The standard InChI is InChI=1S/C15H23N3O/c1-11(2)12-4-7-18(8-5-12)15(19)13-3-6-17-14(9-13)10-16/h3,6,9,11-12H,4-5,7-8,10,16H2,1-2H3. The quantitative estimate of drug-likeness (QED) is 0.906. The zero-order chi connectivity index (χ0) is 13.8. The fourth-order valence-electron chi connectivity index (χ4n) is 2.67. The molecular weight excluding hydrogens is 238 g/mol. The number of pyridine rings is 1. The van der Waals surface area contributed by atoms with E-state index in [1.54, 1.807) is 18.3 Å². The van der Waals surface area contributed by atoms with Crippen LogP contribution in [0.25, 0.3) is 0 Å². The van der Waals surface area contributed by atoms with Gasteiger partial charge in [-0.25, -0.2) is 0 Å². The third-order valence-electron chi connectivity index (χ3n) is 4.04. The van der Waals surface area contributed by atoms with Crippen LogP contribution in [0.3, 0.4) is 0 Å². The molecule has 0 unspecified atom stereocenters. The molecule has 104 valence electrons. The predicted molar refractivity (Wildman–Crippen MR) is 75.6 cm³/mol. The highest BCUT2D eigenvalue weighted by molar-refractivity contribution is 5.94. The van der Waals surface area contributed by atoms with Crippen molar-refractivity contribution in [3.8, 4) is 0 Å². The number of nitrogens with zero attached hydrogens (tertiary/aromatic N) is 2. The molecule has 0 atom stereocenters. The van der Waals surface area contributed by atoms with Gasteiger partial charge in [-0.3, -0.25) is 9.78 Å². The zero-order valence-corrected chi connectivity index (χ0v) is 11.8. The average molecular weight is 261 g/mol. The molecule has 1 amide bonds. The van der Waals surface area contributed by atoms with Gasteiger partial charge in [0.15, 0.2) is 0 Å². The Balaban J connectivity index is 2.01. The van der Waals surface area contributed by atoms with Gasteiger partial charge in [0.05, 0.1) is 5.69 Å². The van der Waals surface area contributed by atoms with Gasteiger partial charge in [-0.15, -0.1) is 0 Å². The smallest absolute Gasteiger partial charge is 0.253 e. The van der Waals surface area contributed by atoms with Gasteiger partial charge in [0.1, 0.15) is 0 Å². The Labute approximate surface area is 115 Å². The normalized spacial score (nSPS) is 16.9. The number of hydrogen-bond acceptors (Lipinski definition) is 3. The maximum Gasteiger partial charge on any atom is 0.253 e. The van der Waals surface area contributed by atoms with Crippen LogP contribution in [0.1, 0.15) is 42.7 Å². The number of nitrogens with two attached hydrogens (primary N) is 1. The first-order valence-corrected chi connectivity index (χ1v) is 7.06. The summed E-state index contributed by atoms with van der Waals surface area (Å²) in [5.41, 5.74) is 7.03. The molecule has 4 nitrogen and oxygen atoms in total. The molecule has 0 aliphatic carbocycles. The number of carbonyl (C=O) groups is 1. The van der Waals surface area contributed by atoms with Crippen molar-refractivity contribution in [2.45, 2.75) is 33.2 Å². The van der Waals surface area contributed by atoms with Gasteiger partial charge >= 0.3 is 0 Å². The summed E-state index contributed by atoms with van der Waals surface area (Å²) in [5, 5.41) is 0. The lowest BCUT2D eigenvalue weighted by atomic mass is 9.86. The van der Waals surface area contributed by atoms with Gasteiger partial charge in [0, 0.05) is 31.4 Å². The first kappa shape index (κ1) is 14.0. The van der Waals surface area contributed by atoms with E-state index in [-0.39, 0.29) is 5.91 Å². The highest BCUT2D eigenvalue weighted by atomic mass is 16.2. The number of hydrogen-bond donors (Lipinski definition) is 1. The maximum atomic E-state index is 12.4. The van der Waals surface area contributed by atoms with E-state index < -0.39 is 0 Å². The van der Waals surface area contributed by atoms with Crippen molar-refractivity contribution in [2.75, 3.05) is 13.1 Å². The van der Waals surface area contributed by atoms with Crippen molar-refractivity contribution in [2.24, 2.45) is 17.6 Å². The topological polar surface area (TPSA) is 59.2 Å². The highest BCUT2D eigenvalue weighted by Gasteiger charge is 2.25. The lowest BCUT2D eigenvalue weighted by Crippen LogP contribution is -2.39.